The van der Waals surface area contributed by atoms with Gasteiger partial charge in [-0.05, 0) is 18.6 Å². The molecule has 0 fully saturated rings. The topological polar surface area (TPSA) is 29.5 Å². The van der Waals surface area contributed by atoms with Crippen molar-refractivity contribution in [2.75, 3.05) is 26.1 Å². The second-order valence-electron chi connectivity index (χ2n) is 4.84. The lowest BCUT2D eigenvalue weighted by Crippen LogP contribution is -2.10. The van der Waals surface area contributed by atoms with E-state index >= 15 is 0 Å². The van der Waals surface area contributed by atoms with E-state index in [4.69, 9.17) is 4.74 Å². The van der Waals surface area contributed by atoms with Gasteiger partial charge >= 0.3 is 0 Å². The molecule has 0 saturated heterocycles. The molecule has 0 aliphatic rings. The molecule has 20 heavy (non-hydrogen) atoms. The Morgan fingerprint density at radius 2 is 1.90 bits per heavy atom. The van der Waals surface area contributed by atoms with Gasteiger partial charge in [-0.25, -0.2) is 0 Å². The van der Waals surface area contributed by atoms with Gasteiger partial charge in [-0.1, -0.05) is 30.3 Å². The van der Waals surface area contributed by atoms with Gasteiger partial charge in [0.2, 0.25) is 0 Å². The van der Waals surface area contributed by atoms with Crippen molar-refractivity contribution in [1.82, 2.24) is 0 Å². The quantitative estimate of drug-likeness (QED) is 0.785. The number of carbonyl (C=O) groups excluding carboxylic acids is 1. The van der Waals surface area contributed by atoms with Crippen molar-refractivity contribution >= 4 is 22.1 Å². The van der Waals surface area contributed by atoms with Gasteiger partial charge in [0.25, 0.3) is 0 Å². The molecule has 0 aliphatic heterocycles. The van der Waals surface area contributed by atoms with Crippen molar-refractivity contribution in [3.8, 4) is 0 Å². The highest BCUT2D eigenvalue weighted by Crippen LogP contribution is 2.37. The first-order chi connectivity index (χ1) is 9.54. The molecule has 0 saturated carbocycles. The van der Waals surface area contributed by atoms with E-state index in [1.54, 1.807) is 25.4 Å². The molecule has 0 radical (unpaired) electrons. The molecule has 2 rings (SSSR count). The van der Waals surface area contributed by atoms with Gasteiger partial charge in [0.1, 0.15) is 11.1 Å². The van der Waals surface area contributed by atoms with Crippen LogP contribution in [0.2, 0.25) is 0 Å². The number of ketones is 1. The summed E-state index contributed by atoms with van der Waals surface area (Å²) >= 11 is 1.60. The number of ether oxygens (including phenoxy) is 1. The number of anilines is 1. The van der Waals surface area contributed by atoms with Crippen LogP contribution in [0.4, 0.5) is 5.00 Å². The Balaban J connectivity index is 2.46. The van der Waals surface area contributed by atoms with E-state index in [-0.39, 0.29) is 11.9 Å². The van der Waals surface area contributed by atoms with Crippen LogP contribution in [-0.2, 0) is 4.74 Å². The third-order valence-corrected chi connectivity index (χ3v) is 4.46. The molecule has 106 valence electrons. The van der Waals surface area contributed by atoms with Crippen LogP contribution in [0, 0.1) is 0 Å². The van der Waals surface area contributed by atoms with Gasteiger partial charge in [-0.3, -0.25) is 4.79 Å². The summed E-state index contributed by atoms with van der Waals surface area (Å²) in [4.78, 5) is 14.8. The summed E-state index contributed by atoms with van der Waals surface area (Å²) in [5, 5.41) is 0.977. The molecular weight excluding hydrogens is 270 g/mol. The Morgan fingerprint density at radius 3 is 2.35 bits per heavy atom. The highest BCUT2D eigenvalue weighted by Gasteiger charge is 2.21. The van der Waals surface area contributed by atoms with E-state index in [0.717, 1.165) is 21.0 Å². The first-order valence-electron chi connectivity index (χ1n) is 6.44. The van der Waals surface area contributed by atoms with Crippen LogP contribution in [-0.4, -0.2) is 27.0 Å². The second-order valence-corrected chi connectivity index (χ2v) is 5.91. The van der Waals surface area contributed by atoms with Gasteiger partial charge in [0.15, 0.2) is 5.78 Å². The average molecular weight is 289 g/mol. The van der Waals surface area contributed by atoms with Crippen LogP contribution >= 0.6 is 11.3 Å². The molecular formula is C16H19NO2S. The van der Waals surface area contributed by atoms with Gasteiger partial charge in [0.05, 0.1) is 5.56 Å². The molecule has 0 amide bonds. The Bertz CT molecular complexity index is 590. The molecule has 0 N–H and O–H groups in total. The monoisotopic (exact) mass is 289 g/mol. The molecule has 1 unspecified atom stereocenters. The van der Waals surface area contributed by atoms with Crippen LogP contribution in [0.5, 0.6) is 0 Å². The summed E-state index contributed by atoms with van der Waals surface area (Å²) in [5.74, 6) is 0.0825. The minimum atomic E-state index is -0.131. The van der Waals surface area contributed by atoms with E-state index in [2.05, 4.69) is 0 Å². The molecule has 0 aliphatic carbocycles. The summed E-state index contributed by atoms with van der Waals surface area (Å²) in [7, 11) is 5.60. The molecule has 1 aromatic carbocycles. The standard InChI is InChI=1S/C16H19NO2S/c1-11(18)13-10-14(20-16(13)17(2)3)15(19-4)12-8-6-5-7-9-12/h5-10,15H,1-4H3. The van der Waals surface area contributed by atoms with E-state index in [0.29, 0.717) is 0 Å². The highest BCUT2D eigenvalue weighted by molar-refractivity contribution is 7.16. The normalized spacial score (nSPS) is 12.2. The maximum absolute atomic E-state index is 11.8. The molecule has 3 nitrogen and oxygen atoms in total. The fraction of sp³-hybridized carbons (Fsp3) is 0.312. The fourth-order valence-corrected chi connectivity index (χ4v) is 3.39. The molecule has 0 spiro atoms. The third-order valence-electron chi connectivity index (χ3n) is 3.11. The van der Waals surface area contributed by atoms with Gasteiger partial charge in [-0.2, -0.15) is 0 Å². The predicted octanol–water partition coefficient (Wildman–Crippen LogP) is 3.75. The number of Topliss-reactive ketones (excluding diaryl/α,β-unsaturated/α-hetero) is 1. The van der Waals surface area contributed by atoms with E-state index < -0.39 is 0 Å². The largest absolute Gasteiger partial charge is 0.371 e. The number of rotatable bonds is 5. The summed E-state index contributed by atoms with van der Waals surface area (Å²) in [6.45, 7) is 1.60. The minimum absolute atomic E-state index is 0.0825. The number of carbonyl (C=O) groups is 1. The van der Waals surface area contributed by atoms with Crippen LogP contribution in [0.25, 0.3) is 0 Å². The molecule has 1 aromatic heterocycles. The lowest BCUT2D eigenvalue weighted by Gasteiger charge is -2.14. The zero-order chi connectivity index (χ0) is 14.7. The van der Waals surface area contributed by atoms with Crippen LogP contribution in [0.3, 0.4) is 0 Å². The van der Waals surface area contributed by atoms with Crippen molar-refractivity contribution in [2.24, 2.45) is 0 Å². The summed E-state index contributed by atoms with van der Waals surface area (Å²) in [6, 6.07) is 12.0. The summed E-state index contributed by atoms with van der Waals surface area (Å²) in [6.07, 6.45) is -0.131. The third kappa shape index (κ3) is 2.92. The maximum Gasteiger partial charge on any atom is 0.162 e. The van der Waals surface area contributed by atoms with Crippen LogP contribution in [0.15, 0.2) is 36.4 Å². The maximum atomic E-state index is 11.8. The minimum Gasteiger partial charge on any atom is -0.371 e. The zero-order valence-electron chi connectivity index (χ0n) is 12.2. The number of nitrogens with zero attached hydrogens (tertiary/aromatic N) is 1. The Labute approximate surface area is 123 Å². The van der Waals surface area contributed by atoms with E-state index in [1.807, 2.05) is 55.4 Å². The number of hydrogen-bond donors (Lipinski definition) is 0. The molecule has 1 atom stereocenters. The Morgan fingerprint density at radius 1 is 1.25 bits per heavy atom. The van der Waals surface area contributed by atoms with Gasteiger partial charge in [-0.15, -0.1) is 11.3 Å². The van der Waals surface area contributed by atoms with Gasteiger partial charge in [0, 0.05) is 26.1 Å². The highest BCUT2D eigenvalue weighted by atomic mass is 32.1. The molecule has 4 heteroatoms. The van der Waals surface area contributed by atoms with Crippen molar-refractivity contribution in [2.45, 2.75) is 13.0 Å². The summed E-state index contributed by atoms with van der Waals surface area (Å²) < 4.78 is 5.63. The first-order valence-corrected chi connectivity index (χ1v) is 7.26. The van der Waals surface area contributed by atoms with Gasteiger partial charge < -0.3 is 9.64 Å². The zero-order valence-corrected chi connectivity index (χ0v) is 13.0. The number of methoxy groups -OCH3 is 1. The lowest BCUT2D eigenvalue weighted by molar-refractivity contribution is 0.101. The molecule has 2 aromatic rings. The van der Waals surface area contributed by atoms with E-state index in [9.17, 15) is 4.79 Å². The Hall–Kier alpha value is -1.65. The van der Waals surface area contributed by atoms with Crippen molar-refractivity contribution < 1.29 is 9.53 Å². The first kappa shape index (κ1) is 14.8. The number of thiophene rings is 1. The fourth-order valence-electron chi connectivity index (χ4n) is 2.16. The van der Waals surface area contributed by atoms with Crippen LogP contribution in [0.1, 0.15) is 33.8 Å². The van der Waals surface area contributed by atoms with E-state index in [1.165, 1.54) is 0 Å². The number of benzene rings is 1. The summed E-state index contributed by atoms with van der Waals surface area (Å²) in [5.41, 5.74) is 1.85. The lowest BCUT2D eigenvalue weighted by atomic mass is 10.1. The molecule has 1 heterocycles. The van der Waals surface area contributed by atoms with Crippen LogP contribution < -0.4 is 4.90 Å². The SMILES string of the molecule is COC(c1ccccc1)c1cc(C(C)=O)c(N(C)C)s1. The van der Waals surface area contributed by atoms with Crippen molar-refractivity contribution in [1.29, 1.82) is 0 Å². The van der Waals surface area contributed by atoms with Crippen molar-refractivity contribution in [3.05, 3.63) is 52.4 Å². The predicted molar refractivity (Wildman–Crippen MR) is 83.9 cm³/mol. The van der Waals surface area contributed by atoms with Crippen molar-refractivity contribution in [3.63, 3.8) is 0 Å². The molecule has 0 bridgehead atoms. The second kappa shape index (κ2) is 6.20. The smallest absolute Gasteiger partial charge is 0.162 e. The number of hydrogen-bond acceptors (Lipinski definition) is 4. The average Bonchev–Trinajstić information content (AvgIpc) is 2.86. The Kier molecular flexibility index (Phi) is 4.57.